The fourth-order valence-corrected chi connectivity index (χ4v) is 3.35. The van der Waals surface area contributed by atoms with Crippen LogP contribution in [0.1, 0.15) is 45.7 Å². The molecule has 124 valence electrons. The average Bonchev–Trinajstić information content (AvgIpc) is 2.52. The highest BCUT2D eigenvalue weighted by Gasteiger charge is 2.19. The molecule has 0 radical (unpaired) electrons. The smallest absolute Gasteiger partial charge is 0.0414 e. The molecule has 0 saturated heterocycles. The SMILES string of the molecule is CC(C)(C)c1ccc(-c2cc(C(C)(C)I)cc3ccccc23)cc1. The van der Waals surface area contributed by atoms with Crippen LogP contribution in [0.5, 0.6) is 0 Å². The van der Waals surface area contributed by atoms with Gasteiger partial charge in [-0.25, -0.2) is 0 Å². The molecular weight excluding hydrogens is 403 g/mol. The van der Waals surface area contributed by atoms with E-state index in [1.807, 2.05) is 0 Å². The van der Waals surface area contributed by atoms with Gasteiger partial charge in [0, 0.05) is 3.42 Å². The molecule has 3 aromatic carbocycles. The van der Waals surface area contributed by atoms with Crippen molar-refractivity contribution in [2.24, 2.45) is 0 Å². The highest BCUT2D eigenvalue weighted by Crippen LogP contribution is 2.38. The fourth-order valence-electron chi connectivity index (χ4n) is 3.04. The van der Waals surface area contributed by atoms with Crippen LogP contribution >= 0.6 is 22.6 Å². The summed E-state index contributed by atoms with van der Waals surface area (Å²) in [6, 6.07) is 22.5. The van der Waals surface area contributed by atoms with E-state index in [9.17, 15) is 0 Å². The van der Waals surface area contributed by atoms with Gasteiger partial charge in [-0.15, -0.1) is 0 Å². The second-order valence-electron chi connectivity index (χ2n) is 8.04. The predicted molar refractivity (Wildman–Crippen MR) is 115 cm³/mol. The van der Waals surface area contributed by atoms with Gasteiger partial charge in [-0.3, -0.25) is 0 Å². The van der Waals surface area contributed by atoms with Gasteiger partial charge in [-0.2, -0.15) is 0 Å². The van der Waals surface area contributed by atoms with Gasteiger partial charge in [0.2, 0.25) is 0 Å². The summed E-state index contributed by atoms with van der Waals surface area (Å²) in [5, 5.41) is 2.64. The Labute approximate surface area is 159 Å². The van der Waals surface area contributed by atoms with E-state index in [1.165, 1.54) is 33.0 Å². The van der Waals surface area contributed by atoms with E-state index >= 15 is 0 Å². The van der Waals surface area contributed by atoms with Crippen molar-refractivity contribution in [3.8, 4) is 11.1 Å². The van der Waals surface area contributed by atoms with Gasteiger partial charge in [-0.05, 0) is 64.4 Å². The Morgan fingerprint density at radius 3 is 1.92 bits per heavy atom. The first-order chi connectivity index (χ1) is 11.2. The number of hydrogen-bond donors (Lipinski definition) is 0. The number of rotatable bonds is 2. The summed E-state index contributed by atoms with van der Waals surface area (Å²) in [6.07, 6.45) is 0. The molecule has 0 saturated carbocycles. The zero-order chi connectivity index (χ0) is 17.5. The van der Waals surface area contributed by atoms with E-state index in [2.05, 4.69) is 118 Å². The molecule has 0 aromatic heterocycles. The monoisotopic (exact) mass is 428 g/mol. The summed E-state index contributed by atoms with van der Waals surface area (Å²) in [6.45, 7) is 11.3. The van der Waals surface area contributed by atoms with Crippen LogP contribution in [0.3, 0.4) is 0 Å². The number of fused-ring (bicyclic) bond motifs is 1. The molecule has 0 unspecified atom stereocenters. The zero-order valence-electron chi connectivity index (χ0n) is 15.2. The maximum absolute atomic E-state index is 2.53. The minimum Gasteiger partial charge on any atom is -0.0743 e. The first-order valence-electron chi connectivity index (χ1n) is 8.49. The lowest BCUT2D eigenvalue weighted by Gasteiger charge is -2.21. The van der Waals surface area contributed by atoms with Crippen molar-refractivity contribution in [3.05, 3.63) is 71.8 Å². The van der Waals surface area contributed by atoms with Gasteiger partial charge in [0.05, 0.1) is 0 Å². The lowest BCUT2D eigenvalue weighted by atomic mass is 9.85. The zero-order valence-corrected chi connectivity index (χ0v) is 17.3. The third-order valence-corrected chi connectivity index (χ3v) is 5.23. The Bertz CT molecular complexity index is 859. The Balaban J connectivity index is 2.21. The first kappa shape index (κ1) is 17.5. The second-order valence-corrected chi connectivity index (χ2v) is 10.7. The van der Waals surface area contributed by atoms with Crippen LogP contribution in [-0.2, 0) is 8.84 Å². The minimum atomic E-state index is 0.113. The molecule has 3 aromatic rings. The van der Waals surface area contributed by atoms with Crippen molar-refractivity contribution < 1.29 is 0 Å². The van der Waals surface area contributed by atoms with E-state index < -0.39 is 0 Å². The third-order valence-electron chi connectivity index (χ3n) is 4.61. The van der Waals surface area contributed by atoms with Gasteiger partial charge in [0.25, 0.3) is 0 Å². The van der Waals surface area contributed by atoms with Crippen LogP contribution in [0.2, 0.25) is 0 Å². The van der Waals surface area contributed by atoms with Crippen molar-refractivity contribution >= 4 is 33.4 Å². The lowest BCUT2D eigenvalue weighted by molar-refractivity contribution is 0.590. The molecule has 24 heavy (non-hydrogen) atoms. The maximum atomic E-state index is 2.53. The standard InChI is InChI=1S/C23H25I/c1-22(2,3)18-12-10-16(11-13-18)21-15-19(23(4,5)24)14-17-8-6-7-9-20(17)21/h6-15H,1-5H3. The average molecular weight is 428 g/mol. The predicted octanol–water partition coefficient (Wildman–Crippen LogP) is 7.47. The molecule has 0 aliphatic heterocycles. The highest BCUT2D eigenvalue weighted by molar-refractivity contribution is 14.1. The normalized spacial score (nSPS) is 12.6. The molecule has 1 heteroatoms. The number of halogens is 1. The molecule has 3 rings (SSSR count). The molecular formula is C23H25I. The second kappa shape index (κ2) is 6.18. The summed E-state index contributed by atoms with van der Waals surface area (Å²) in [5.74, 6) is 0. The molecule has 0 heterocycles. The van der Waals surface area contributed by atoms with Crippen molar-refractivity contribution in [2.75, 3.05) is 0 Å². The largest absolute Gasteiger partial charge is 0.0743 e. The molecule has 0 aliphatic carbocycles. The topological polar surface area (TPSA) is 0 Å². The van der Waals surface area contributed by atoms with Crippen LogP contribution < -0.4 is 0 Å². The van der Waals surface area contributed by atoms with Crippen molar-refractivity contribution in [1.29, 1.82) is 0 Å². The molecule has 0 nitrogen and oxygen atoms in total. The van der Waals surface area contributed by atoms with Gasteiger partial charge in [-0.1, -0.05) is 91.9 Å². The number of alkyl halides is 1. The van der Waals surface area contributed by atoms with Crippen molar-refractivity contribution in [3.63, 3.8) is 0 Å². The van der Waals surface area contributed by atoms with Crippen molar-refractivity contribution in [1.82, 2.24) is 0 Å². The van der Waals surface area contributed by atoms with E-state index in [-0.39, 0.29) is 8.84 Å². The summed E-state index contributed by atoms with van der Waals surface area (Å²) in [7, 11) is 0. The summed E-state index contributed by atoms with van der Waals surface area (Å²) in [5.41, 5.74) is 5.56. The van der Waals surface area contributed by atoms with Crippen LogP contribution in [0.25, 0.3) is 21.9 Å². The molecule has 0 amide bonds. The van der Waals surface area contributed by atoms with E-state index in [1.54, 1.807) is 0 Å². The number of benzene rings is 3. The lowest BCUT2D eigenvalue weighted by Crippen LogP contribution is -2.10. The Morgan fingerprint density at radius 2 is 1.33 bits per heavy atom. The Morgan fingerprint density at radius 1 is 0.708 bits per heavy atom. The van der Waals surface area contributed by atoms with Gasteiger partial charge >= 0.3 is 0 Å². The molecule has 0 aliphatic rings. The molecule has 0 atom stereocenters. The van der Waals surface area contributed by atoms with Gasteiger partial charge in [0.15, 0.2) is 0 Å². The highest BCUT2D eigenvalue weighted by atomic mass is 127. The molecule has 0 N–H and O–H groups in total. The van der Waals surface area contributed by atoms with Gasteiger partial charge in [0.1, 0.15) is 0 Å². The summed E-state index contributed by atoms with van der Waals surface area (Å²) < 4.78 is 0.113. The van der Waals surface area contributed by atoms with E-state index in [0.717, 1.165) is 0 Å². The molecule has 0 fully saturated rings. The van der Waals surface area contributed by atoms with Crippen LogP contribution in [-0.4, -0.2) is 0 Å². The van der Waals surface area contributed by atoms with Crippen LogP contribution in [0.4, 0.5) is 0 Å². The summed E-state index contributed by atoms with van der Waals surface area (Å²) in [4.78, 5) is 0. The van der Waals surface area contributed by atoms with Crippen LogP contribution in [0.15, 0.2) is 60.7 Å². The first-order valence-corrected chi connectivity index (χ1v) is 9.57. The Kier molecular flexibility index (Phi) is 4.50. The van der Waals surface area contributed by atoms with Gasteiger partial charge < -0.3 is 0 Å². The third kappa shape index (κ3) is 3.51. The van der Waals surface area contributed by atoms with Crippen LogP contribution in [0, 0.1) is 0 Å². The summed E-state index contributed by atoms with van der Waals surface area (Å²) >= 11 is 2.53. The van der Waals surface area contributed by atoms with Crippen molar-refractivity contribution in [2.45, 2.75) is 43.5 Å². The quantitative estimate of drug-likeness (QED) is 0.293. The maximum Gasteiger partial charge on any atom is 0.0414 e. The Hall–Kier alpha value is -1.35. The fraction of sp³-hybridized carbons (Fsp3) is 0.304. The minimum absolute atomic E-state index is 0.113. The number of hydrogen-bond acceptors (Lipinski definition) is 0. The molecule has 0 spiro atoms. The van der Waals surface area contributed by atoms with E-state index in [4.69, 9.17) is 0 Å². The molecule has 0 bridgehead atoms. The van der Waals surface area contributed by atoms with E-state index in [0.29, 0.717) is 0 Å².